The highest BCUT2D eigenvalue weighted by Gasteiger charge is 2.04. The average molecular weight is 543 g/mol. The molecule has 3 rings (SSSR count). The summed E-state index contributed by atoms with van der Waals surface area (Å²) < 4.78 is 28.1. The van der Waals surface area contributed by atoms with Crippen molar-refractivity contribution in [3.63, 3.8) is 0 Å². The molecule has 3 aromatic rings. The second kappa shape index (κ2) is 17.3. The van der Waals surface area contributed by atoms with Crippen molar-refractivity contribution >= 4 is 17.5 Å². The topological polar surface area (TPSA) is 70.9 Å². The van der Waals surface area contributed by atoms with Crippen LogP contribution in [0.5, 0.6) is 5.75 Å². The summed E-state index contributed by atoms with van der Waals surface area (Å²) in [6.07, 6.45) is 4.62. The number of allylic oxidation sites excluding steroid dienone is 4. The summed E-state index contributed by atoms with van der Waals surface area (Å²) >= 11 is 0. The maximum Gasteiger partial charge on any atom is 0.220 e. The van der Waals surface area contributed by atoms with E-state index in [1.165, 1.54) is 0 Å². The summed E-state index contributed by atoms with van der Waals surface area (Å²) in [4.78, 5) is 9.22. The summed E-state index contributed by atoms with van der Waals surface area (Å²) in [5.41, 5.74) is 3.54. The lowest BCUT2D eigenvalue weighted by atomic mass is 10.2. The third-order valence-corrected chi connectivity index (χ3v) is 5.67. The summed E-state index contributed by atoms with van der Waals surface area (Å²) in [5, 5.41) is 0. The Morgan fingerprint density at radius 1 is 0.700 bits per heavy atom. The van der Waals surface area contributed by atoms with Gasteiger partial charge in [-0.3, -0.25) is 0 Å². The SMILES string of the molecule is CC/C(=C\C=C(/C)OCCOCCOc1ccc(N=C(OC)c2ccccc2)cc1)N=C(OC)c1ccccc1. The molecular weight excluding hydrogens is 504 g/mol. The highest BCUT2D eigenvalue weighted by atomic mass is 16.5. The van der Waals surface area contributed by atoms with Crippen molar-refractivity contribution in [2.45, 2.75) is 20.3 Å². The summed E-state index contributed by atoms with van der Waals surface area (Å²) in [6.45, 7) is 5.78. The van der Waals surface area contributed by atoms with Gasteiger partial charge in [-0.25, -0.2) is 9.98 Å². The first-order chi connectivity index (χ1) is 19.6. The number of hydrogen-bond acceptors (Lipinski definition) is 7. The van der Waals surface area contributed by atoms with Crippen LogP contribution in [0.3, 0.4) is 0 Å². The molecule has 0 heterocycles. The molecule has 3 aromatic carbocycles. The number of methoxy groups -OCH3 is 2. The number of nitrogens with zero attached hydrogens (tertiary/aromatic N) is 2. The van der Waals surface area contributed by atoms with Gasteiger partial charge in [-0.2, -0.15) is 0 Å². The summed E-state index contributed by atoms with van der Waals surface area (Å²) in [7, 11) is 3.25. The first-order valence-corrected chi connectivity index (χ1v) is 13.3. The molecule has 0 amide bonds. The number of hydrogen-bond donors (Lipinski definition) is 0. The number of benzene rings is 3. The van der Waals surface area contributed by atoms with E-state index in [1.807, 2.05) is 104 Å². The van der Waals surface area contributed by atoms with E-state index in [0.717, 1.165) is 40.4 Å². The highest BCUT2D eigenvalue weighted by Crippen LogP contribution is 2.19. The van der Waals surface area contributed by atoms with Gasteiger partial charge in [-0.15, -0.1) is 0 Å². The molecule has 0 aliphatic rings. The molecule has 0 fully saturated rings. The van der Waals surface area contributed by atoms with Gasteiger partial charge in [0, 0.05) is 16.8 Å². The van der Waals surface area contributed by atoms with Crippen molar-refractivity contribution in [1.82, 2.24) is 0 Å². The minimum atomic E-state index is 0.439. The fraction of sp³-hybridized carbons (Fsp3) is 0.273. The molecule has 0 aromatic heterocycles. The van der Waals surface area contributed by atoms with Gasteiger partial charge in [0.2, 0.25) is 11.8 Å². The van der Waals surface area contributed by atoms with Crippen LogP contribution in [0.2, 0.25) is 0 Å². The standard InChI is InChI=1S/C33H38N2O5/c1-5-29(34-32(36-3)27-12-8-6-9-13-27)17-16-26(2)39-24-22-38-23-25-40-31-20-18-30(19-21-31)35-33(37-4)28-14-10-7-11-15-28/h6-21H,5,22-25H2,1-4H3/b26-16+,29-17+,34-32?,35-33?. The molecule has 0 bridgehead atoms. The first-order valence-electron chi connectivity index (χ1n) is 13.3. The third-order valence-electron chi connectivity index (χ3n) is 5.67. The Balaban J connectivity index is 1.36. The van der Waals surface area contributed by atoms with Crippen molar-refractivity contribution in [2.24, 2.45) is 9.98 Å². The van der Waals surface area contributed by atoms with Crippen LogP contribution in [0.1, 0.15) is 31.4 Å². The van der Waals surface area contributed by atoms with E-state index in [0.29, 0.717) is 38.2 Å². The fourth-order valence-electron chi connectivity index (χ4n) is 3.56. The first kappa shape index (κ1) is 30.2. The largest absolute Gasteiger partial charge is 0.496 e. The quantitative estimate of drug-likeness (QED) is 0.0713. The second-order valence-corrected chi connectivity index (χ2v) is 8.57. The van der Waals surface area contributed by atoms with Crippen LogP contribution in [0.4, 0.5) is 5.69 Å². The van der Waals surface area contributed by atoms with Crippen LogP contribution >= 0.6 is 0 Å². The van der Waals surface area contributed by atoms with E-state index >= 15 is 0 Å². The molecule has 0 saturated carbocycles. The van der Waals surface area contributed by atoms with Gasteiger partial charge in [-0.05, 0) is 74.0 Å². The minimum Gasteiger partial charge on any atom is -0.496 e. The van der Waals surface area contributed by atoms with E-state index in [9.17, 15) is 0 Å². The Morgan fingerprint density at radius 2 is 1.30 bits per heavy atom. The zero-order chi connectivity index (χ0) is 28.4. The molecule has 40 heavy (non-hydrogen) atoms. The molecule has 0 aliphatic carbocycles. The van der Waals surface area contributed by atoms with E-state index in [4.69, 9.17) is 23.7 Å². The maximum absolute atomic E-state index is 5.77. The van der Waals surface area contributed by atoms with Crippen molar-refractivity contribution in [2.75, 3.05) is 40.6 Å². The normalized spacial score (nSPS) is 12.7. The van der Waals surface area contributed by atoms with Gasteiger partial charge in [-0.1, -0.05) is 43.3 Å². The van der Waals surface area contributed by atoms with E-state index in [-0.39, 0.29) is 0 Å². The Kier molecular flexibility index (Phi) is 13.0. The fourth-order valence-corrected chi connectivity index (χ4v) is 3.56. The third kappa shape index (κ3) is 10.4. The molecule has 0 atom stereocenters. The van der Waals surface area contributed by atoms with Crippen molar-refractivity contribution in [3.05, 3.63) is 120 Å². The Morgan fingerprint density at radius 3 is 1.90 bits per heavy atom. The molecule has 0 spiro atoms. The van der Waals surface area contributed by atoms with Gasteiger partial charge in [0.15, 0.2) is 0 Å². The summed E-state index contributed by atoms with van der Waals surface area (Å²) in [5.74, 6) is 2.69. The Labute approximate surface area is 237 Å². The van der Waals surface area contributed by atoms with Crippen molar-refractivity contribution in [3.8, 4) is 5.75 Å². The van der Waals surface area contributed by atoms with Crippen LogP contribution in [-0.2, 0) is 18.9 Å². The molecule has 0 aliphatic heterocycles. The smallest absolute Gasteiger partial charge is 0.220 e. The van der Waals surface area contributed by atoms with Gasteiger partial charge in [0.25, 0.3) is 0 Å². The van der Waals surface area contributed by atoms with Gasteiger partial charge in [0.05, 0.1) is 38.9 Å². The molecular formula is C33H38N2O5. The van der Waals surface area contributed by atoms with Crippen LogP contribution in [-0.4, -0.2) is 52.4 Å². The Bertz CT molecular complexity index is 1270. The summed E-state index contributed by atoms with van der Waals surface area (Å²) in [6, 6.07) is 27.2. The van der Waals surface area contributed by atoms with Gasteiger partial charge in [0.1, 0.15) is 19.0 Å². The van der Waals surface area contributed by atoms with Gasteiger partial charge >= 0.3 is 0 Å². The van der Waals surface area contributed by atoms with Crippen molar-refractivity contribution < 1.29 is 23.7 Å². The van der Waals surface area contributed by atoms with Crippen molar-refractivity contribution in [1.29, 1.82) is 0 Å². The van der Waals surface area contributed by atoms with Crippen LogP contribution < -0.4 is 4.74 Å². The van der Waals surface area contributed by atoms with Gasteiger partial charge < -0.3 is 23.7 Å². The molecule has 7 nitrogen and oxygen atoms in total. The van der Waals surface area contributed by atoms with E-state index in [2.05, 4.69) is 16.9 Å². The Hall–Kier alpha value is -4.36. The molecule has 0 saturated heterocycles. The maximum atomic E-state index is 5.77. The second-order valence-electron chi connectivity index (χ2n) is 8.57. The van der Waals surface area contributed by atoms with Crippen LogP contribution in [0.15, 0.2) is 119 Å². The van der Waals surface area contributed by atoms with E-state index in [1.54, 1.807) is 14.2 Å². The predicted octanol–water partition coefficient (Wildman–Crippen LogP) is 7.11. The number of rotatable bonds is 14. The molecule has 210 valence electrons. The number of aliphatic imine (C=N–C) groups is 2. The lowest BCUT2D eigenvalue weighted by Crippen LogP contribution is -2.10. The average Bonchev–Trinajstić information content (AvgIpc) is 3.01. The molecule has 0 radical (unpaired) electrons. The molecule has 0 N–H and O–H groups in total. The van der Waals surface area contributed by atoms with E-state index < -0.39 is 0 Å². The van der Waals surface area contributed by atoms with Crippen LogP contribution in [0.25, 0.3) is 0 Å². The molecule has 0 unspecified atom stereocenters. The molecule has 7 heteroatoms. The predicted molar refractivity (Wildman–Crippen MR) is 160 cm³/mol. The van der Waals surface area contributed by atoms with Crippen LogP contribution in [0, 0.1) is 0 Å². The minimum absolute atomic E-state index is 0.439. The monoisotopic (exact) mass is 542 g/mol. The highest BCUT2D eigenvalue weighted by molar-refractivity contribution is 5.95. The zero-order valence-corrected chi connectivity index (χ0v) is 23.7. The lowest BCUT2D eigenvalue weighted by molar-refractivity contribution is 0.0588. The lowest BCUT2D eigenvalue weighted by Gasteiger charge is -2.09. The number of ether oxygens (including phenoxy) is 5. The zero-order valence-electron chi connectivity index (χ0n) is 23.7.